The molecule has 5 heteroatoms. The number of nitrogens with one attached hydrogen (secondary N) is 2. The van der Waals surface area contributed by atoms with Gasteiger partial charge in [-0.25, -0.2) is 0 Å². The summed E-state index contributed by atoms with van der Waals surface area (Å²) in [6.07, 6.45) is 0.852. The van der Waals surface area contributed by atoms with Crippen LogP contribution in [0.5, 0.6) is 0 Å². The minimum atomic E-state index is 0.609. The summed E-state index contributed by atoms with van der Waals surface area (Å²) in [6, 6.07) is 8.13. The van der Waals surface area contributed by atoms with Crippen molar-refractivity contribution >= 4 is 46.2 Å². The van der Waals surface area contributed by atoms with Crippen molar-refractivity contribution in [2.24, 2.45) is 0 Å². The number of anilines is 1. The Hall–Kier alpha value is -1.72. The van der Waals surface area contributed by atoms with Gasteiger partial charge in [-0.15, -0.1) is 11.3 Å². The van der Waals surface area contributed by atoms with Crippen LogP contribution >= 0.6 is 23.3 Å². The Morgan fingerprint density at radius 3 is 2.90 bits per heavy atom. The van der Waals surface area contributed by atoms with Crippen molar-refractivity contribution in [2.45, 2.75) is 18.1 Å². The summed E-state index contributed by atoms with van der Waals surface area (Å²) in [5.74, 6) is 0. The molecule has 3 rings (SSSR count). The monoisotopic (exact) mass is 302 g/mol. The van der Waals surface area contributed by atoms with Crippen LogP contribution in [0.25, 0.3) is 10.9 Å². The number of aromatic nitrogens is 1. The number of carbonyl (C=O) groups excluding carboxylic acids is 1. The van der Waals surface area contributed by atoms with Gasteiger partial charge in [0.05, 0.1) is 21.1 Å². The number of aryl methyl sites for hydroxylation is 2. The van der Waals surface area contributed by atoms with Crippen molar-refractivity contribution in [3.8, 4) is 0 Å². The van der Waals surface area contributed by atoms with E-state index >= 15 is 0 Å². The molecule has 0 aliphatic rings. The van der Waals surface area contributed by atoms with Crippen LogP contribution < -0.4 is 4.72 Å². The minimum Gasteiger partial charge on any atom is -0.351 e. The van der Waals surface area contributed by atoms with Crippen LogP contribution in [0.15, 0.2) is 33.9 Å². The smallest absolute Gasteiger partial charge is 0.166 e. The number of aldehydes is 1. The summed E-state index contributed by atoms with van der Waals surface area (Å²) in [4.78, 5) is 14.1. The molecule has 0 atom stereocenters. The standard InChI is InChI=1S/C15H14N2OS2/c1-9-6-13(17-20-14-4-3-5-19-14)15-12(10(9)2)7-11(8-18)16-15/h3-8,16-17H,1-2H3. The van der Waals surface area contributed by atoms with Crippen LogP contribution in [0.4, 0.5) is 5.69 Å². The molecule has 0 spiro atoms. The zero-order valence-electron chi connectivity index (χ0n) is 11.2. The fraction of sp³-hybridized carbons (Fsp3) is 0.133. The zero-order valence-corrected chi connectivity index (χ0v) is 12.8. The summed E-state index contributed by atoms with van der Waals surface area (Å²) in [6.45, 7) is 4.17. The molecule has 0 aliphatic carbocycles. The Kier molecular flexibility index (Phi) is 3.54. The van der Waals surface area contributed by atoms with E-state index in [0.717, 1.165) is 22.9 Å². The highest BCUT2D eigenvalue weighted by molar-refractivity contribution is 8.02. The van der Waals surface area contributed by atoms with Crippen molar-refractivity contribution in [3.05, 3.63) is 46.5 Å². The molecule has 0 bridgehead atoms. The lowest BCUT2D eigenvalue weighted by Crippen LogP contribution is -1.91. The molecule has 102 valence electrons. The third-order valence-electron chi connectivity index (χ3n) is 3.35. The van der Waals surface area contributed by atoms with Gasteiger partial charge in [-0.3, -0.25) is 4.79 Å². The zero-order chi connectivity index (χ0) is 14.1. The molecule has 3 nitrogen and oxygen atoms in total. The lowest BCUT2D eigenvalue weighted by molar-refractivity contribution is 0.112. The van der Waals surface area contributed by atoms with Gasteiger partial charge in [0.25, 0.3) is 0 Å². The number of fused-ring (bicyclic) bond motifs is 1. The molecule has 0 amide bonds. The Balaban J connectivity index is 2.03. The van der Waals surface area contributed by atoms with E-state index in [4.69, 9.17) is 0 Å². The lowest BCUT2D eigenvalue weighted by atomic mass is 10.0. The van der Waals surface area contributed by atoms with Gasteiger partial charge < -0.3 is 9.71 Å². The summed E-state index contributed by atoms with van der Waals surface area (Å²) in [5, 5.41) is 3.15. The van der Waals surface area contributed by atoms with E-state index in [1.807, 2.05) is 12.1 Å². The largest absolute Gasteiger partial charge is 0.351 e. The van der Waals surface area contributed by atoms with Crippen LogP contribution in [-0.4, -0.2) is 11.3 Å². The highest BCUT2D eigenvalue weighted by Crippen LogP contribution is 2.33. The van der Waals surface area contributed by atoms with E-state index in [-0.39, 0.29) is 0 Å². The predicted molar refractivity (Wildman–Crippen MR) is 87.0 cm³/mol. The Bertz CT molecular complexity index is 760. The number of thiophene rings is 1. The number of hydrogen-bond acceptors (Lipinski definition) is 4. The van der Waals surface area contributed by atoms with Crippen molar-refractivity contribution < 1.29 is 4.79 Å². The second kappa shape index (κ2) is 5.34. The van der Waals surface area contributed by atoms with Gasteiger partial charge in [0.15, 0.2) is 6.29 Å². The minimum absolute atomic E-state index is 0.609. The van der Waals surface area contributed by atoms with Crippen LogP contribution in [0.1, 0.15) is 21.6 Å². The third kappa shape index (κ3) is 2.34. The van der Waals surface area contributed by atoms with Gasteiger partial charge in [0.2, 0.25) is 0 Å². The molecule has 0 saturated carbocycles. The van der Waals surface area contributed by atoms with Gasteiger partial charge >= 0.3 is 0 Å². The first-order chi connectivity index (χ1) is 9.69. The van der Waals surface area contributed by atoms with Gasteiger partial charge in [-0.05, 0) is 60.5 Å². The molecule has 2 heterocycles. The highest BCUT2D eigenvalue weighted by Gasteiger charge is 2.10. The molecule has 2 N–H and O–H groups in total. The Morgan fingerprint density at radius 1 is 1.35 bits per heavy atom. The second-order valence-electron chi connectivity index (χ2n) is 4.63. The molecule has 1 aromatic carbocycles. The van der Waals surface area contributed by atoms with Crippen LogP contribution in [-0.2, 0) is 0 Å². The quantitative estimate of drug-likeness (QED) is 0.538. The van der Waals surface area contributed by atoms with Gasteiger partial charge in [-0.2, -0.15) is 0 Å². The molecule has 0 radical (unpaired) electrons. The van der Waals surface area contributed by atoms with Crippen molar-refractivity contribution in [3.63, 3.8) is 0 Å². The number of benzene rings is 1. The summed E-state index contributed by atoms with van der Waals surface area (Å²) < 4.78 is 4.58. The van der Waals surface area contributed by atoms with Gasteiger partial charge in [-0.1, -0.05) is 6.07 Å². The maximum Gasteiger partial charge on any atom is 0.166 e. The molecule has 3 aromatic rings. The van der Waals surface area contributed by atoms with Crippen molar-refractivity contribution in [2.75, 3.05) is 4.72 Å². The summed E-state index contributed by atoms with van der Waals surface area (Å²) in [5.41, 5.74) is 5.02. The maximum atomic E-state index is 11.0. The fourth-order valence-corrected chi connectivity index (χ4v) is 3.61. The normalized spacial score (nSPS) is 10.9. The molecule has 0 aliphatic heterocycles. The Morgan fingerprint density at radius 2 is 2.20 bits per heavy atom. The first kappa shape index (κ1) is 13.3. The van der Waals surface area contributed by atoms with Crippen molar-refractivity contribution in [1.82, 2.24) is 4.98 Å². The Labute approximate surface area is 125 Å². The number of rotatable bonds is 4. The van der Waals surface area contributed by atoms with Crippen LogP contribution in [0.3, 0.4) is 0 Å². The molecule has 0 unspecified atom stereocenters. The molecule has 20 heavy (non-hydrogen) atoms. The molecule has 2 aromatic heterocycles. The molecule has 0 saturated heterocycles. The average Bonchev–Trinajstić information content (AvgIpc) is 3.10. The van der Waals surface area contributed by atoms with Gasteiger partial charge in [0, 0.05) is 5.39 Å². The number of H-pyrrole nitrogens is 1. The maximum absolute atomic E-state index is 11.0. The SMILES string of the molecule is Cc1cc(NSc2cccs2)c2[nH]c(C=O)cc2c1C. The van der Waals surface area contributed by atoms with E-state index in [1.165, 1.54) is 15.3 Å². The molecule has 0 fully saturated rings. The topological polar surface area (TPSA) is 44.9 Å². The number of aromatic amines is 1. The summed E-state index contributed by atoms with van der Waals surface area (Å²) >= 11 is 3.29. The highest BCUT2D eigenvalue weighted by atomic mass is 32.2. The molecular weight excluding hydrogens is 288 g/mol. The first-order valence-electron chi connectivity index (χ1n) is 6.23. The third-order valence-corrected chi connectivity index (χ3v) is 5.21. The van der Waals surface area contributed by atoms with Crippen LogP contribution in [0, 0.1) is 13.8 Å². The second-order valence-corrected chi connectivity index (χ2v) is 6.69. The first-order valence-corrected chi connectivity index (χ1v) is 7.93. The lowest BCUT2D eigenvalue weighted by Gasteiger charge is -2.09. The van der Waals surface area contributed by atoms with E-state index in [1.54, 1.807) is 23.3 Å². The van der Waals surface area contributed by atoms with Crippen molar-refractivity contribution in [1.29, 1.82) is 0 Å². The predicted octanol–water partition coefficient (Wildman–Crippen LogP) is 4.78. The number of carbonyl (C=O) groups is 1. The summed E-state index contributed by atoms with van der Waals surface area (Å²) in [7, 11) is 0. The average molecular weight is 302 g/mol. The van der Waals surface area contributed by atoms with E-state index in [0.29, 0.717) is 5.69 Å². The van der Waals surface area contributed by atoms with E-state index in [9.17, 15) is 4.79 Å². The van der Waals surface area contributed by atoms with Gasteiger partial charge in [0.1, 0.15) is 0 Å². The van der Waals surface area contributed by atoms with E-state index in [2.05, 4.69) is 41.1 Å². The van der Waals surface area contributed by atoms with E-state index < -0.39 is 0 Å². The number of hydrogen-bond donors (Lipinski definition) is 2. The fourth-order valence-electron chi connectivity index (χ4n) is 2.16. The molecular formula is C15H14N2OS2. The van der Waals surface area contributed by atoms with Crippen LogP contribution in [0.2, 0.25) is 0 Å².